The van der Waals surface area contributed by atoms with Crippen molar-refractivity contribution in [3.63, 3.8) is 0 Å². The summed E-state index contributed by atoms with van der Waals surface area (Å²) in [4.78, 5) is 11.6. The van der Waals surface area contributed by atoms with E-state index in [4.69, 9.17) is 5.73 Å². The van der Waals surface area contributed by atoms with Crippen LogP contribution in [0, 0.1) is 5.95 Å². The normalized spacial score (nSPS) is 20.3. The molecule has 2 aromatic carbocycles. The number of primary amides is 1. The number of rotatable bonds is 3. The summed E-state index contributed by atoms with van der Waals surface area (Å²) in [6, 6.07) is 12.6. The van der Waals surface area contributed by atoms with Crippen LogP contribution in [0.1, 0.15) is 28.8 Å². The second kappa shape index (κ2) is 6.25. The first-order valence-electron chi connectivity index (χ1n) is 8.78. The minimum atomic E-state index is -0.617. The molecule has 0 aliphatic carbocycles. The second-order valence-corrected chi connectivity index (χ2v) is 7.16. The molecule has 1 aromatic heterocycles. The number of carbonyl (C=O) groups excluding carboxylic acids is 1. The molecule has 132 valence electrons. The van der Waals surface area contributed by atoms with Gasteiger partial charge in [0, 0.05) is 0 Å². The van der Waals surface area contributed by atoms with Crippen LogP contribution in [0.25, 0.3) is 16.6 Å². The number of nitrogens with zero attached hydrogens (tertiary/aromatic N) is 2. The molecule has 1 atom stereocenters. The van der Waals surface area contributed by atoms with Crippen molar-refractivity contribution in [2.75, 3.05) is 13.1 Å². The Kier molecular flexibility index (Phi) is 4.03. The fourth-order valence-electron chi connectivity index (χ4n) is 3.75. The first-order chi connectivity index (χ1) is 12.5. The van der Waals surface area contributed by atoms with Gasteiger partial charge in [0.05, 0.1) is 16.6 Å². The summed E-state index contributed by atoms with van der Waals surface area (Å²) in [5.74, 6) is -1.12. The molecule has 26 heavy (non-hydrogen) atoms. The lowest BCUT2D eigenvalue weighted by Crippen LogP contribution is -2.43. The van der Waals surface area contributed by atoms with Crippen molar-refractivity contribution in [3.05, 3.63) is 59.5 Å². The fraction of sp³-hybridized carbons (Fsp3) is 0.263. The smallest absolute Gasteiger partial charge is 0.250 e. The molecule has 3 aromatic rings. The minimum absolute atomic E-state index is 0.0866. The van der Waals surface area contributed by atoms with E-state index in [1.165, 1.54) is 10.2 Å². The molecule has 2 heterocycles. The summed E-state index contributed by atoms with van der Waals surface area (Å²) >= 11 is 0. The summed E-state index contributed by atoms with van der Waals surface area (Å²) < 4.78 is 16.1. The third-order valence-electron chi connectivity index (χ3n) is 5.32. The topological polar surface area (TPSA) is 72.9 Å². The van der Waals surface area contributed by atoms with Gasteiger partial charge in [-0.15, -0.1) is 0 Å². The Morgan fingerprint density at radius 1 is 1.27 bits per heavy atom. The van der Waals surface area contributed by atoms with Gasteiger partial charge in [0.15, 0.2) is 0 Å². The van der Waals surface area contributed by atoms with Crippen molar-refractivity contribution in [2.45, 2.75) is 18.2 Å². The van der Waals surface area contributed by atoms with Gasteiger partial charge < -0.3 is 11.1 Å². The number of nitrogens with one attached hydrogen (secondary N) is 1. The maximum absolute atomic E-state index is 14.8. The van der Waals surface area contributed by atoms with Gasteiger partial charge in [0.1, 0.15) is 13.4 Å². The third kappa shape index (κ3) is 2.68. The highest BCUT2D eigenvalue weighted by Gasteiger charge is 2.28. The minimum Gasteiger partial charge on any atom is -0.366 e. The van der Waals surface area contributed by atoms with E-state index in [2.05, 4.69) is 18.3 Å². The summed E-state index contributed by atoms with van der Waals surface area (Å²) in [5, 5.41) is 8.11. The largest absolute Gasteiger partial charge is 0.366 e. The van der Waals surface area contributed by atoms with Gasteiger partial charge in [0.25, 0.3) is 5.91 Å². The van der Waals surface area contributed by atoms with Crippen molar-refractivity contribution >= 4 is 24.7 Å². The molecule has 1 fully saturated rings. The number of nitrogens with two attached hydrogens (primary N) is 1. The molecular formula is C19H20BFN4O. The van der Waals surface area contributed by atoms with Crippen LogP contribution < -0.4 is 11.1 Å². The number of aromatic nitrogens is 2. The number of fused-ring (bicyclic) bond motifs is 1. The third-order valence-corrected chi connectivity index (χ3v) is 5.32. The monoisotopic (exact) mass is 350 g/mol. The number of hydrogen-bond donors (Lipinski definition) is 2. The van der Waals surface area contributed by atoms with E-state index < -0.39 is 11.9 Å². The fourth-order valence-corrected chi connectivity index (χ4v) is 3.75. The Morgan fingerprint density at radius 2 is 2.04 bits per heavy atom. The van der Waals surface area contributed by atoms with Crippen LogP contribution in [-0.2, 0) is 5.31 Å². The Hall–Kier alpha value is -2.67. The molecule has 4 rings (SSSR count). The van der Waals surface area contributed by atoms with Crippen molar-refractivity contribution < 1.29 is 9.18 Å². The molecule has 5 nitrogen and oxygen atoms in total. The zero-order valence-corrected chi connectivity index (χ0v) is 14.6. The molecule has 3 N–H and O–H groups in total. The Morgan fingerprint density at radius 3 is 2.69 bits per heavy atom. The molecule has 1 saturated heterocycles. The lowest BCUT2D eigenvalue weighted by molar-refractivity contribution is 0.100. The maximum atomic E-state index is 14.8. The lowest BCUT2D eigenvalue weighted by Gasteiger charge is -2.35. The zero-order chi connectivity index (χ0) is 18.3. The summed E-state index contributed by atoms with van der Waals surface area (Å²) in [6.07, 6.45) is 2.27. The van der Waals surface area contributed by atoms with Crippen molar-refractivity contribution in [3.8, 4) is 5.69 Å². The van der Waals surface area contributed by atoms with E-state index in [0.717, 1.165) is 25.9 Å². The molecule has 1 amide bonds. The highest BCUT2D eigenvalue weighted by molar-refractivity contribution is 6.16. The van der Waals surface area contributed by atoms with Gasteiger partial charge in [-0.2, -0.15) is 9.49 Å². The molecule has 0 radical (unpaired) electrons. The number of halogens is 1. The van der Waals surface area contributed by atoms with Crippen LogP contribution in [0.5, 0.6) is 0 Å². The van der Waals surface area contributed by atoms with E-state index in [1.807, 2.05) is 24.3 Å². The van der Waals surface area contributed by atoms with Gasteiger partial charge in [-0.05, 0) is 61.1 Å². The predicted octanol–water partition coefficient (Wildman–Crippen LogP) is 1.48. The van der Waals surface area contributed by atoms with Gasteiger partial charge in [-0.1, -0.05) is 18.2 Å². The molecule has 0 spiro atoms. The summed E-state index contributed by atoms with van der Waals surface area (Å²) in [5.41, 5.74) is 7.72. The second-order valence-electron chi connectivity index (χ2n) is 7.16. The van der Waals surface area contributed by atoms with E-state index in [9.17, 15) is 9.18 Å². The average molecular weight is 350 g/mol. The molecule has 1 unspecified atom stereocenters. The number of amides is 1. The zero-order valence-electron chi connectivity index (χ0n) is 14.6. The van der Waals surface area contributed by atoms with Crippen LogP contribution in [-0.4, -0.2) is 36.6 Å². The van der Waals surface area contributed by atoms with Crippen LogP contribution >= 0.6 is 0 Å². The van der Waals surface area contributed by atoms with E-state index in [-0.39, 0.29) is 21.8 Å². The highest BCUT2D eigenvalue weighted by atomic mass is 19.1. The van der Waals surface area contributed by atoms with Crippen molar-refractivity contribution in [2.24, 2.45) is 5.73 Å². The molecular weight excluding hydrogens is 330 g/mol. The van der Waals surface area contributed by atoms with Crippen LogP contribution in [0.3, 0.4) is 0 Å². The van der Waals surface area contributed by atoms with Crippen LogP contribution in [0.2, 0.25) is 0 Å². The van der Waals surface area contributed by atoms with Gasteiger partial charge >= 0.3 is 0 Å². The Labute approximate surface area is 151 Å². The predicted molar refractivity (Wildman–Crippen MR) is 102 cm³/mol. The molecule has 1 aliphatic heterocycles. The number of hydrogen-bond acceptors (Lipinski definition) is 3. The van der Waals surface area contributed by atoms with Crippen molar-refractivity contribution in [1.29, 1.82) is 0 Å². The van der Waals surface area contributed by atoms with Crippen molar-refractivity contribution in [1.82, 2.24) is 15.1 Å². The van der Waals surface area contributed by atoms with Crippen LogP contribution in [0.4, 0.5) is 4.39 Å². The Bertz CT molecular complexity index is 977. The summed E-state index contributed by atoms with van der Waals surface area (Å²) in [6.45, 7) is 2.00. The molecule has 0 saturated carbocycles. The molecule has 7 heteroatoms. The van der Waals surface area contributed by atoms with E-state index in [1.54, 1.807) is 18.2 Å². The van der Waals surface area contributed by atoms with Gasteiger partial charge in [-0.25, -0.2) is 4.68 Å². The standard InChI is InChI=1S/C19H20BFN4O/c20-19(9-2-10-23-11-19)12-5-7-13(8-6-12)25-17(21)14-3-1-4-15(18(22)26)16(14)24-25/h1,3-8,23H,2,9-11,20H2,(H2,22,26). The first kappa shape index (κ1) is 16.8. The van der Waals surface area contributed by atoms with Gasteiger partial charge in [-0.3, -0.25) is 4.79 Å². The maximum Gasteiger partial charge on any atom is 0.250 e. The number of piperidine rings is 1. The lowest BCUT2D eigenvalue weighted by atomic mass is 9.60. The summed E-state index contributed by atoms with van der Waals surface area (Å²) in [7, 11) is 2.25. The average Bonchev–Trinajstić information content (AvgIpc) is 2.99. The quantitative estimate of drug-likeness (QED) is 0.703. The highest BCUT2D eigenvalue weighted by Crippen LogP contribution is 2.29. The SMILES string of the molecule is BC1(c2ccc(-n3nc4c(C(N)=O)cccc4c3F)cc2)CCCNC1. The molecule has 1 aliphatic rings. The van der Waals surface area contributed by atoms with Crippen LogP contribution in [0.15, 0.2) is 42.5 Å². The van der Waals surface area contributed by atoms with Gasteiger partial charge in [0.2, 0.25) is 5.95 Å². The number of carbonyl (C=O) groups is 1. The van der Waals surface area contributed by atoms with E-state index in [0.29, 0.717) is 5.69 Å². The van der Waals surface area contributed by atoms with E-state index >= 15 is 0 Å². The Balaban J connectivity index is 1.75. The first-order valence-corrected chi connectivity index (χ1v) is 8.78. The molecule has 0 bridgehead atoms. The number of benzene rings is 2.